The average Bonchev–Trinajstić information content (AvgIpc) is 3.20. The lowest BCUT2D eigenvalue weighted by atomic mass is 10.0. The van der Waals surface area contributed by atoms with Crippen LogP contribution in [0.5, 0.6) is 0 Å². The van der Waals surface area contributed by atoms with Crippen LogP contribution in [-0.2, 0) is 14.3 Å². The third-order valence-electron chi connectivity index (χ3n) is 10.1. The molecule has 0 spiro atoms. The van der Waals surface area contributed by atoms with Gasteiger partial charge in [0, 0.05) is 6.42 Å². The number of ether oxygens (including phenoxy) is 1. The molecule has 326 valence electrons. The lowest BCUT2D eigenvalue weighted by molar-refractivity contribution is -0.151. The molecule has 3 unspecified atom stereocenters. The maximum Gasteiger partial charge on any atom is 0.306 e. The van der Waals surface area contributed by atoms with Gasteiger partial charge in [0.2, 0.25) is 5.91 Å². The Morgan fingerprint density at radius 3 is 1.47 bits per heavy atom. The number of hydrogen-bond donors (Lipinski definition) is 3. The third kappa shape index (κ3) is 39.6. The highest BCUT2D eigenvalue weighted by molar-refractivity contribution is 5.77. The van der Waals surface area contributed by atoms with Crippen LogP contribution in [0.2, 0.25) is 0 Å². The van der Waals surface area contributed by atoms with Crippen molar-refractivity contribution in [2.75, 3.05) is 6.61 Å². The van der Waals surface area contributed by atoms with E-state index in [2.05, 4.69) is 74.7 Å². The molecule has 1 amide bonds. The largest absolute Gasteiger partial charge is 0.462 e. The van der Waals surface area contributed by atoms with Crippen molar-refractivity contribution in [1.82, 2.24) is 5.32 Å². The molecular formula is C51H87NO5. The van der Waals surface area contributed by atoms with Crippen LogP contribution in [0.15, 0.2) is 85.1 Å². The van der Waals surface area contributed by atoms with Crippen LogP contribution in [0.25, 0.3) is 0 Å². The van der Waals surface area contributed by atoms with E-state index in [9.17, 15) is 19.8 Å². The molecule has 0 heterocycles. The molecule has 0 aliphatic heterocycles. The first-order valence-electron chi connectivity index (χ1n) is 23.4. The van der Waals surface area contributed by atoms with E-state index in [0.29, 0.717) is 19.3 Å². The molecular weight excluding hydrogens is 707 g/mol. The van der Waals surface area contributed by atoms with E-state index in [0.717, 1.165) is 83.5 Å². The number of carbonyl (C=O) groups is 2. The summed E-state index contributed by atoms with van der Waals surface area (Å²) in [4.78, 5) is 26.0. The summed E-state index contributed by atoms with van der Waals surface area (Å²) in [7, 11) is 0. The van der Waals surface area contributed by atoms with Crippen LogP contribution in [0.1, 0.15) is 201 Å². The summed E-state index contributed by atoms with van der Waals surface area (Å²) < 4.78 is 5.86. The van der Waals surface area contributed by atoms with Crippen LogP contribution in [0.3, 0.4) is 0 Å². The van der Waals surface area contributed by atoms with E-state index < -0.39 is 18.2 Å². The maximum absolute atomic E-state index is 13.1. The first-order valence-corrected chi connectivity index (χ1v) is 23.4. The quantitative estimate of drug-likeness (QED) is 0.0326. The smallest absolute Gasteiger partial charge is 0.306 e. The zero-order valence-corrected chi connectivity index (χ0v) is 36.9. The number of unbranched alkanes of at least 4 members (excludes halogenated alkanes) is 19. The number of amides is 1. The minimum atomic E-state index is -0.810. The molecule has 0 radical (unpaired) electrons. The van der Waals surface area contributed by atoms with Gasteiger partial charge in [0.1, 0.15) is 6.10 Å². The summed E-state index contributed by atoms with van der Waals surface area (Å²) in [5.41, 5.74) is 0. The second-order valence-corrected chi connectivity index (χ2v) is 15.6. The Labute approximate surface area is 351 Å². The predicted octanol–water partition coefficient (Wildman–Crippen LogP) is 13.6. The molecule has 57 heavy (non-hydrogen) atoms. The van der Waals surface area contributed by atoms with Crippen molar-refractivity contribution in [3.05, 3.63) is 85.1 Å². The lowest BCUT2D eigenvalue weighted by Crippen LogP contribution is -2.46. The highest BCUT2D eigenvalue weighted by Crippen LogP contribution is 2.16. The van der Waals surface area contributed by atoms with E-state index in [4.69, 9.17) is 4.74 Å². The molecule has 6 nitrogen and oxygen atoms in total. The predicted molar refractivity (Wildman–Crippen MR) is 245 cm³/mol. The molecule has 6 heteroatoms. The molecule has 0 aromatic rings. The van der Waals surface area contributed by atoms with Crippen molar-refractivity contribution in [3.63, 3.8) is 0 Å². The Balaban J connectivity index is 4.67. The number of aliphatic hydroxyl groups excluding tert-OH is 2. The Bertz CT molecular complexity index is 1120. The summed E-state index contributed by atoms with van der Waals surface area (Å²) in [6.45, 7) is 6.26. The number of carbonyl (C=O) groups excluding carboxylic acids is 2. The Kier molecular flexibility index (Phi) is 41.9. The topological polar surface area (TPSA) is 95.9 Å². The number of nitrogens with one attached hydrogen (secondary N) is 1. The zero-order valence-electron chi connectivity index (χ0n) is 36.9. The number of allylic oxidation sites excluding steroid dienone is 14. The standard InChI is InChI=1S/C51H87NO5/c1-4-7-10-13-16-19-21-22-23-24-25-26-27-29-32-35-38-41-44-51(56)57-47(42-39-36-33-31-28-20-17-14-11-8-5-2)45-50(55)52-48(46-53)49(54)43-40-37-34-30-18-15-12-9-6-3/h8,11,14,17,20-26,28,31,33,47-49,53-54H,4-7,9-10,12-13,15-16,18-19,27,29-30,32,34-46H2,1-3H3,(H,52,55)/b11-8+,17-14+,22-21+,24-23+,26-25+,28-20-,33-31-. The van der Waals surface area contributed by atoms with Gasteiger partial charge in [-0.05, 0) is 64.2 Å². The average molecular weight is 794 g/mol. The summed E-state index contributed by atoms with van der Waals surface area (Å²) in [6.07, 6.45) is 56.5. The van der Waals surface area contributed by atoms with Crippen molar-refractivity contribution in [2.24, 2.45) is 0 Å². The van der Waals surface area contributed by atoms with Crippen LogP contribution in [0.4, 0.5) is 0 Å². The summed E-state index contributed by atoms with van der Waals surface area (Å²) >= 11 is 0. The molecule has 0 aromatic heterocycles. The molecule has 0 bridgehead atoms. The van der Waals surface area contributed by atoms with E-state index in [1.807, 2.05) is 36.5 Å². The summed E-state index contributed by atoms with van der Waals surface area (Å²) in [5.74, 6) is -0.575. The Morgan fingerprint density at radius 1 is 0.526 bits per heavy atom. The third-order valence-corrected chi connectivity index (χ3v) is 10.1. The fraction of sp³-hybridized carbons (Fsp3) is 0.686. The van der Waals surface area contributed by atoms with Gasteiger partial charge in [-0.3, -0.25) is 9.59 Å². The van der Waals surface area contributed by atoms with Crippen LogP contribution in [-0.4, -0.2) is 46.9 Å². The van der Waals surface area contributed by atoms with Gasteiger partial charge in [0.15, 0.2) is 0 Å². The number of rotatable bonds is 40. The fourth-order valence-electron chi connectivity index (χ4n) is 6.56. The van der Waals surface area contributed by atoms with E-state index in [-0.39, 0.29) is 24.9 Å². The Morgan fingerprint density at radius 2 is 0.965 bits per heavy atom. The van der Waals surface area contributed by atoms with Crippen molar-refractivity contribution in [3.8, 4) is 0 Å². The highest BCUT2D eigenvalue weighted by Gasteiger charge is 2.24. The second kappa shape index (κ2) is 44.1. The number of esters is 1. The minimum absolute atomic E-state index is 0.0187. The molecule has 3 atom stereocenters. The highest BCUT2D eigenvalue weighted by atomic mass is 16.5. The van der Waals surface area contributed by atoms with E-state index in [1.165, 1.54) is 70.6 Å². The maximum atomic E-state index is 13.1. The minimum Gasteiger partial charge on any atom is -0.462 e. The molecule has 0 fully saturated rings. The van der Waals surface area contributed by atoms with Gasteiger partial charge in [-0.15, -0.1) is 0 Å². The molecule has 0 aromatic carbocycles. The second-order valence-electron chi connectivity index (χ2n) is 15.6. The first kappa shape index (κ1) is 54.0. The van der Waals surface area contributed by atoms with Crippen LogP contribution < -0.4 is 5.32 Å². The van der Waals surface area contributed by atoms with Crippen molar-refractivity contribution < 1.29 is 24.5 Å². The number of hydrogen-bond acceptors (Lipinski definition) is 5. The zero-order chi connectivity index (χ0) is 41.7. The van der Waals surface area contributed by atoms with Gasteiger partial charge in [0.05, 0.1) is 25.2 Å². The normalized spacial score (nSPS) is 14.1. The molecule has 0 aliphatic rings. The van der Waals surface area contributed by atoms with E-state index in [1.54, 1.807) is 0 Å². The first-order chi connectivity index (χ1) is 28.0. The van der Waals surface area contributed by atoms with Crippen molar-refractivity contribution >= 4 is 11.9 Å². The van der Waals surface area contributed by atoms with Gasteiger partial charge in [0.25, 0.3) is 0 Å². The number of aliphatic hydroxyl groups is 2. The SMILES string of the molecule is CC/C=C/C=C/C=C\C=C/CCCC(CC(=O)NC(CO)C(O)CCCCCCCCCCC)OC(=O)CCCCCCC/C=C/C=C/C=C/CCCCCCC. The van der Waals surface area contributed by atoms with Gasteiger partial charge < -0.3 is 20.3 Å². The molecule has 3 N–H and O–H groups in total. The van der Waals surface area contributed by atoms with Gasteiger partial charge in [-0.25, -0.2) is 0 Å². The van der Waals surface area contributed by atoms with Gasteiger partial charge in [-0.2, -0.15) is 0 Å². The molecule has 0 saturated carbocycles. The van der Waals surface area contributed by atoms with Crippen molar-refractivity contribution in [1.29, 1.82) is 0 Å². The molecule has 0 rings (SSSR count). The van der Waals surface area contributed by atoms with E-state index >= 15 is 0 Å². The monoisotopic (exact) mass is 794 g/mol. The lowest BCUT2D eigenvalue weighted by Gasteiger charge is -2.24. The van der Waals surface area contributed by atoms with Crippen molar-refractivity contribution in [2.45, 2.75) is 219 Å². The summed E-state index contributed by atoms with van der Waals surface area (Å²) in [6, 6.07) is -0.729. The van der Waals surface area contributed by atoms with Crippen LogP contribution >= 0.6 is 0 Å². The molecule has 0 aliphatic carbocycles. The Hall–Kier alpha value is -2.96. The van der Waals surface area contributed by atoms with Gasteiger partial charge in [-0.1, -0.05) is 209 Å². The fourth-order valence-corrected chi connectivity index (χ4v) is 6.56. The summed E-state index contributed by atoms with van der Waals surface area (Å²) in [5, 5.41) is 23.5. The van der Waals surface area contributed by atoms with Crippen LogP contribution in [0, 0.1) is 0 Å². The van der Waals surface area contributed by atoms with Gasteiger partial charge >= 0.3 is 5.97 Å². The molecule has 0 saturated heterocycles.